The second-order valence-corrected chi connectivity index (χ2v) is 6.26. The standard InChI is InChI=1S/C18H25N3O2/c1-21(2)12-13-9-15-17(16(10-13)23-8-7-22-3)18-14(11-20-15)5-4-6-19-18/h9-11,19H,4-8,12H2,1-3H3. The zero-order valence-electron chi connectivity index (χ0n) is 14.2. The van der Waals surface area contributed by atoms with Crippen molar-refractivity contribution in [3.8, 4) is 5.75 Å². The van der Waals surface area contributed by atoms with Crippen LogP contribution in [0.5, 0.6) is 5.75 Å². The van der Waals surface area contributed by atoms with Crippen LogP contribution in [-0.4, -0.2) is 50.8 Å². The van der Waals surface area contributed by atoms with Crippen LogP contribution in [-0.2, 0) is 17.7 Å². The molecule has 1 N–H and O–H groups in total. The summed E-state index contributed by atoms with van der Waals surface area (Å²) >= 11 is 0. The molecule has 1 aliphatic heterocycles. The molecule has 0 bridgehead atoms. The maximum absolute atomic E-state index is 6.02. The van der Waals surface area contributed by atoms with E-state index in [0.717, 1.165) is 42.6 Å². The van der Waals surface area contributed by atoms with Crippen molar-refractivity contribution >= 4 is 16.6 Å². The van der Waals surface area contributed by atoms with Crippen LogP contribution in [0.1, 0.15) is 17.5 Å². The summed E-state index contributed by atoms with van der Waals surface area (Å²) in [4.78, 5) is 6.83. The van der Waals surface area contributed by atoms with Crippen molar-refractivity contribution in [3.63, 3.8) is 0 Å². The zero-order valence-corrected chi connectivity index (χ0v) is 14.2. The van der Waals surface area contributed by atoms with Crippen molar-refractivity contribution < 1.29 is 9.47 Å². The number of hydrogen-bond acceptors (Lipinski definition) is 5. The summed E-state index contributed by atoms with van der Waals surface area (Å²) in [6.07, 6.45) is 4.23. The quantitative estimate of drug-likeness (QED) is 0.831. The van der Waals surface area contributed by atoms with Crippen LogP contribution >= 0.6 is 0 Å². The molecule has 5 nitrogen and oxygen atoms in total. The molecule has 0 atom stereocenters. The van der Waals surface area contributed by atoms with E-state index in [0.29, 0.717) is 13.2 Å². The SMILES string of the molecule is COCCOc1cc(CN(C)C)cc2ncc3c(c12)NCCC3. The van der Waals surface area contributed by atoms with Crippen molar-refractivity contribution in [2.75, 3.05) is 46.3 Å². The number of rotatable bonds is 6. The van der Waals surface area contributed by atoms with Crippen molar-refractivity contribution in [3.05, 3.63) is 29.5 Å². The molecule has 2 aromatic rings. The molecule has 0 amide bonds. The second-order valence-electron chi connectivity index (χ2n) is 6.26. The van der Waals surface area contributed by atoms with Gasteiger partial charge in [-0.05, 0) is 50.2 Å². The molecule has 0 saturated heterocycles. The highest BCUT2D eigenvalue weighted by molar-refractivity contribution is 5.98. The summed E-state index contributed by atoms with van der Waals surface area (Å²) in [6.45, 7) is 2.99. The van der Waals surface area contributed by atoms with E-state index in [2.05, 4.69) is 41.4 Å². The van der Waals surface area contributed by atoms with Gasteiger partial charge in [-0.1, -0.05) is 0 Å². The number of aromatic nitrogens is 1. The third kappa shape index (κ3) is 3.57. The van der Waals surface area contributed by atoms with Gasteiger partial charge in [-0.3, -0.25) is 4.98 Å². The van der Waals surface area contributed by atoms with Crippen molar-refractivity contribution in [2.24, 2.45) is 0 Å². The van der Waals surface area contributed by atoms with Gasteiger partial charge in [0, 0.05) is 26.4 Å². The minimum absolute atomic E-state index is 0.542. The molecule has 1 aromatic carbocycles. The summed E-state index contributed by atoms with van der Waals surface area (Å²) in [5.74, 6) is 0.898. The summed E-state index contributed by atoms with van der Waals surface area (Å²) in [5.41, 5.74) is 4.66. The lowest BCUT2D eigenvalue weighted by atomic mass is 10.00. The van der Waals surface area contributed by atoms with Gasteiger partial charge < -0.3 is 19.7 Å². The Bertz CT molecular complexity index is 686. The van der Waals surface area contributed by atoms with Gasteiger partial charge in [0.05, 0.1) is 23.2 Å². The third-order valence-corrected chi connectivity index (χ3v) is 4.04. The Morgan fingerprint density at radius 2 is 2.13 bits per heavy atom. The topological polar surface area (TPSA) is 46.6 Å². The first-order valence-corrected chi connectivity index (χ1v) is 8.14. The minimum atomic E-state index is 0.542. The summed E-state index contributed by atoms with van der Waals surface area (Å²) in [7, 11) is 5.82. The highest BCUT2D eigenvalue weighted by Crippen LogP contribution is 2.37. The lowest BCUT2D eigenvalue weighted by molar-refractivity contribution is 0.147. The fraction of sp³-hybridized carbons (Fsp3) is 0.500. The number of pyridine rings is 1. The fourth-order valence-electron chi connectivity index (χ4n) is 3.07. The Labute approximate surface area is 137 Å². The third-order valence-electron chi connectivity index (χ3n) is 4.04. The van der Waals surface area contributed by atoms with Crippen LogP contribution in [0, 0.1) is 0 Å². The highest BCUT2D eigenvalue weighted by atomic mass is 16.5. The maximum atomic E-state index is 6.02. The van der Waals surface area contributed by atoms with Crippen LogP contribution in [0.25, 0.3) is 10.9 Å². The zero-order chi connectivity index (χ0) is 16.2. The number of hydrogen-bond donors (Lipinski definition) is 1. The van der Waals surface area contributed by atoms with Gasteiger partial charge >= 0.3 is 0 Å². The first kappa shape index (κ1) is 16.0. The molecule has 2 heterocycles. The summed E-state index contributed by atoms with van der Waals surface area (Å²) in [5, 5.41) is 4.63. The van der Waals surface area contributed by atoms with E-state index in [9.17, 15) is 0 Å². The largest absolute Gasteiger partial charge is 0.490 e. The van der Waals surface area contributed by atoms with Crippen LogP contribution in [0.4, 0.5) is 5.69 Å². The first-order valence-electron chi connectivity index (χ1n) is 8.14. The van der Waals surface area contributed by atoms with Crippen LogP contribution in [0.3, 0.4) is 0 Å². The molecular formula is C18H25N3O2. The molecule has 1 aromatic heterocycles. The molecule has 0 unspecified atom stereocenters. The van der Waals surface area contributed by atoms with E-state index in [1.165, 1.54) is 16.8 Å². The van der Waals surface area contributed by atoms with Gasteiger partial charge in [-0.25, -0.2) is 0 Å². The number of anilines is 1. The average Bonchev–Trinajstić information content (AvgIpc) is 2.54. The minimum Gasteiger partial charge on any atom is -0.490 e. The van der Waals surface area contributed by atoms with E-state index in [-0.39, 0.29) is 0 Å². The molecule has 5 heteroatoms. The number of nitrogens with one attached hydrogen (secondary N) is 1. The fourth-order valence-corrected chi connectivity index (χ4v) is 3.07. The smallest absolute Gasteiger partial charge is 0.131 e. The van der Waals surface area contributed by atoms with Crippen LogP contribution in [0.15, 0.2) is 18.3 Å². The lowest BCUT2D eigenvalue weighted by Gasteiger charge is -2.22. The number of nitrogens with zero attached hydrogens (tertiary/aromatic N) is 2. The van der Waals surface area contributed by atoms with E-state index in [1.54, 1.807) is 7.11 Å². The van der Waals surface area contributed by atoms with Gasteiger partial charge in [-0.15, -0.1) is 0 Å². The monoisotopic (exact) mass is 315 g/mol. The predicted molar refractivity (Wildman–Crippen MR) is 93.3 cm³/mol. The highest BCUT2D eigenvalue weighted by Gasteiger charge is 2.17. The number of ether oxygens (including phenoxy) is 2. The molecule has 1 aliphatic rings. The molecule has 0 saturated carbocycles. The van der Waals surface area contributed by atoms with E-state index in [4.69, 9.17) is 9.47 Å². The maximum Gasteiger partial charge on any atom is 0.131 e. The van der Waals surface area contributed by atoms with Crippen molar-refractivity contribution in [1.29, 1.82) is 0 Å². The average molecular weight is 315 g/mol. The van der Waals surface area contributed by atoms with Crippen LogP contribution in [0.2, 0.25) is 0 Å². The van der Waals surface area contributed by atoms with Gasteiger partial charge in [0.25, 0.3) is 0 Å². The normalized spacial score (nSPS) is 13.9. The van der Waals surface area contributed by atoms with E-state index in [1.807, 2.05) is 6.20 Å². The second kappa shape index (κ2) is 7.15. The Balaban J connectivity index is 2.08. The molecule has 0 radical (unpaired) electrons. The molecule has 0 spiro atoms. The molecular weight excluding hydrogens is 290 g/mol. The van der Waals surface area contributed by atoms with Crippen molar-refractivity contribution in [1.82, 2.24) is 9.88 Å². The van der Waals surface area contributed by atoms with Crippen molar-refractivity contribution in [2.45, 2.75) is 19.4 Å². The van der Waals surface area contributed by atoms with Gasteiger partial charge in [0.1, 0.15) is 12.4 Å². The van der Waals surface area contributed by atoms with Crippen LogP contribution < -0.4 is 10.1 Å². The number of benzene rings is 1. The van der Waals surface area contributed by atoms with Gasteiger partial charge in [-0.2, -0.15) is 0 Å². The van der Waals surface area contributed by atoms with Gasteiger partial charge in [0.2, 0.25) is 0 Å². The number of aryl methyl sites for hydroxylation is 1. The predicted octanol–water partition coefficient (Wildman–Crippen LogP) is 2.68. The number of fused-ring (bicyclic) bond motifs is 3. The molecule has 0 aliphatic carbocycles. The van der Waals surface area contributed by atoms with E-state index >= 15 is 0 Å². The summed E-state index contributed by atoms with van der Waals surface area (Å²) < 4.78 is 11.1. The number of methoxy groups -OCH3 is 1. The van der Waals surface area contributed by atoms with Gasteiger partial charge in [0.15, 0.2) is 0 Å². The summed E-state index contributed by atoms with van der Waals surface area (Å²) in [6, 6.07) is 4.30. The Morgan fingerprint density at radius 3 is 2.91 bits per heavy atom. The molecule has 124 valence electrons. The molecule has 3 rings (SSSR count). The van der Waals surface area contributed by atoms with E-state index < -0.39 is 0 Å². The molecule has 23 heavy (non-hydrogen) atoms. The Hall–Kier alpha value is -1.85. The lowest BCUT2D eigenvalue weighted by Crippen LogP contribution is -2.14. The molecule has 0 fully saturated rings. The Morgan fingerprint density at radius 1 is 1.26 bits per heavy atom. The Kier molecular flexibility index (Phi) is 4.98. The first-order chi connectivity index (χ1) is 11.2.